The van der Waals surface area contributed by atoms with E-state index in [1.165, 1.54) is 24.4 Å². The van der Waals surface area contributed by atoms with Crippen LogP contribution in [0.4, 0.5) is 23.4 Å². The lowest BCUT2D eigenvalue weighted by atomic mass is 9.88. The fourth-order valence-corrected chi connectivity index (χ4v) is 6.16. The van der Waals surface area contributed by atoms with Gasteiger partial charge in [-0.05, 0) is 42.7 Å². The molecule has 0 radical (unpaired) electrons. The highest BCUT2D eigenvalue weighted by Gasteiger charge is 2.39. The van der Waals surface area contributed by atoms with Crippen molar-refractivity contribution in [3.63, 3.8) is 0 Å². The molecule has 202 valence electrons. The van der Waals surface area contributed by atoms with Crippen LogP contribution in [0.2, 0.25) is 0 Å². The summed E-state index contributed by atoms with van der Waals surface area (Å²) in [5, 5.41) is 0. The van der Waals surface area contributed by atoms with Gasteiger partial charge in [0.1, 0.15) is 34.4 Å². The molecule has 3 atom stereocenters. The van der Waals surface area contributed by atoms with E-state index in [4.69, 9.17) is 9.47 Å². The second-order valence-electron chi connectivity index (χ2n) is 9.02. The molecule has 3 heterocycles. The van der Waals surface area contributed by atoms with E-state index >= 15 is 4.39 Å². The molecule has 13 heteroatoms. The van der Waals surface area contributed by atoms with E-state index in [1.807, 2.05) is 4.90 Å². The van der Waals surface area contributed by atoms with Gasteiger partial charge in [-0.3, -0.25) is 9.62 Å². The van der Waals surface area contributed by atoms with Gasteiger partial charge in [0.15, 0.2) is 0 Å². The first-order valence-electron chi connectivity index (χ1n) is 11.9. The molecule has 8 nitrogen and oxygen atoms in total. The molecule has 5 rings (SSSR count). The van der Waals surface area contributed by atoms with Crippen LogP contribution in [0.15, 0.2) is 59.9 Å². The number of anilines is 1. The zero-order valence-electron chi connectivity index (χ0n) is 19.9. The van der Waals surface area contributed by atoms with Gasteiger partial charge in [-0.1, -0.05) is 12.1 Å². The third-order valence-electron chi connectivity index (χ3n) is 6.73. The molecule has 0 spiro atoms. The number of aromatic nitrogens is 2. The van der Waals surface area contributed by atoms with Gasteiger partial charge in [-0.25, -0.2) is 27.2 Å². The van der Waals surface area contributed by atoms with Crippen molar-refractivity contribution in [2.45, 2.75) is 49.0 Å². The maximum atomic E-state index is 15.3. The summed E-state index contributed by atoms with van der Waals surface area (Å²) in [7, 11) is -4.33. The van der Waals surface area contributed by atoms with Crippen LogP contribution in [0, 0.1) is 11.6 Å². The number of piperidine rings is 1. The van der Waals surface area contributed by atoms with Gasteiger partial charge in [0.25, 0.3) is 10.0 Å². The fourth-order valence-electron chi connectivity index (χ4n) is 5.07. The van der Waals surface area contributed by atoms with Gasteiger partial charge in [0.05, 0.1) is 12.7 Å². The van der Waals surface area contributed by atoms with E-state index in [9.17, 15) is 21.6 Å². The Labute approximate surface area is 216 Å². The molecule has 1 N–H and O–H groups in total. The Balaban J connectivity index is 1.47. The monoisotopic (exact) mass is 552 g/mol. The average molecular weight is 553 g/mol. The highest BCUT2D eigenvalue weighted by Crippen LogP contribution is 2.45. The molecule has 2 aliphatic rings. The standard InChI is InChI=1S/C25H24F4N4O4S/c26-16-3-1-15(2-4-16)21-11-17(37-25(28)29)6-9-33(21)20-7-10-36-22-13-23(19(27)12-18(20)22)38(34,35)32-24-5-8-30-14-31-24/h1-5,8,12-14,17,20-21,25H,6-7,9-11H2,(H,30,31,32)/t17-,20?,21+/m1/s1. The second kappa shape index (κ2) is 10.8. The number of hydrogen-bond acceptors (Lipinski definition) is 7. The molecule has 1 aromatic heterocycles. The number of sulfonamides is 1. The van der Waals surface area contributed by atoms with Gasteiger partial charge in [-0.15, -0.1) is 0 Å². The molecule has 0 saturated carbocycles. The van der Waals surface area contributed by atoms with Crippen molar-refractivity contribution in [3.05, 3.63) is 77.8 Å². The first-order valence-corrected chi connectivity index (χ1v) is 13.4. The number of halogens is 4. The lowest BCUT2D eigenvalue weighted by molar-refractivity contribution is -0.180. The number of hydrogen-bond donors (Lipinski definition) is 1. The van der Waals surface area contributed by atoms with E-state index in [0.29, 0.717) is 30.5 Å². The van der Waals surface area contributed by atoms with Crippen LogP contribution in [0.1, 0.15) is 42.5 Å². The Kier molecular flexibility index (Phi) is 7.50. The van der Waals surface area contributed by atoms with E-state index in [2.05, 4.69) is 14.7 Å². The van der Waals surface area contributed by atoms with Gasteiger partial charge >= 0.3 is 6.61 Å². The number of fused-ring (bicyclic) bond motifs is 1. The van der Waals surface area contributed by atoms with Crippen LogP contribution in [0.5, 0.6) is 5.75 Å². The summed E-state index contributed by atoms with van der Waals surface area (Å²) in [5.41, 5.74) is 1.14. The molecule has 2 aromatic carbocycles. The maximum Gasteiger partial charge on any atom is 0.345 e. The molecular formula is C25H24F4N4O4S. The number of rotatable bonds is 7. The average Bonchev–Trinajstić information content (AvgIpc) is 2.88. The van der Waals surface area contributed by atoms with Gasteiger partial charge in [0, 0.05) is 42.9 Å². The van der Waals surface area contributed by atoms with Crippen LogP contribution in [-0.4, -0.2) is 49.2 Å². The first-order chi connectivity index (χ1) is 18.2. The first kappa shape index (κ1) is 26.3. The quantitative estimate of drug-likeness (QED) is 0.420. The van der Waals surface area contributed by atoms with Crippen molar-refractivity contribution in [1.82, 2.24) is 14.9 Å². The minimum Gasteiger partial charge on any atom is -0.493 e. The topological polar surface area (TPSA) is 93.7 Å². The third-order valence-corrected chi connectivity index (χ3v) is 8.10. The Bertz CT molecular complexity index is 1380. The van der Waals surface area contributed by atoms with Crippen LogP contribution < -0.4 is 9.46 Å². The number of nitrogens with one attached hydrogen (secondary N) is 1. The second-order valence-corrected chi connectivity index (χ2v) is 10.7. The molecule has 0 bridgehead atoms. The number of alkyl halides is 2. The summed E-state index contributed by atoms with van der Waals surface area (Å²) in [6.45, 7) is -2.35. The van der Waals surface area contributed by atoms with E-state index in [-0.39, 0.29) is 24.6 Å². The molecule has 1 saturated heterocycles. The Morgan fingerprint density at radius 2 is 1.87 bits per heavy atom. The predicted octanol–water partition coefficient (Wildman–Crippen LogP) is 4.82. The molecular weight excluding hydrogens is 528 g/mol. The van der Waals surface area contributed by atoms with Crippen molar-refractivity contribution in [3.8, 4) is 5.75 Å². The Morgan fingerprint density at radius 1 is 1.08 bits per heavy atom. The smallest absolute Gasteiger partial charge is 0.345 e. The fraction of sp³-hybridized carbons (Fsp3) is 0.360. The highest BCUT2D eigenvalue weighted by atomic mass is 32.2. The van der Waals surface area contributed by atoms with Crippen molar-refractivity contribution < 1.29 is 35.5 Å². The molecule has 38 heavy (non-hydrogen) atoms. The summed E-state index contributed by atoms with van der Waals surface area (Å²) in [6.07, 6.45) is 2.78. The van der Waals surface area contributed by atoms with Crippen molar-refractivity contribution in [1.29, 1.82) is 0 Å². The largest absolute Gasteiger partial charge is 0.493 e. The minimum atomic E-state index is -4.33. The lowest BCUT2D eigenvalue weighted by Gasteiger charge is -2.45. The van der Waals surface area contributed by atoms with Gasteiger partial charge in [-0.2, -0.15) is 8.78 Å². The van der Waals surface area contributed by atoms with E-state index in [1.54, 1.807) is 12.1 Å². The summed E-state index contributed by atoms with van der Waals surface area (Å²) in [4.78, 5) is 8.95. The zero-order chi connectivity index (χ0) is 26.9. The molecule has 1 fully saturated rings. The van der Waals surface area contributed by atoms with Crippen molar-refractivity contribution in [2.24, 2.45) is 0 Å². The van der Waals surface area contributed by atoms with E-state index < -0.39 is 51.4 Å². The highest BCUT2D eigenvalue weighted by molar-refractivity contribution is 7.92. The summed E-state index contributed by atoms with van der Waals surface area (Å²) < 4.78 is 93.4. The van der Waals surface area contributed by atoms with Gasteiger partial charge < -0.3 is 9.47 Å². The van der Waals surface area contributed by atoms with Crippen molar-refractivity contribution >= 4 is 15.8 Å². The minimum absolute atomic E-state index is 0.0213. The van der Waals surface area contributed by atoms with Gasteiger partial charge in [0.2, 0.25) is 0 Å². The van der Waals surface area contributed by atoms with Crippen LogP contribution in [-0.2, 0) is 14.8 Å². The number of benzene rings is 2. The molecule has 2 aliphatic heterocycles. The SMILES string of the molecule is O=S(=O)(Nc1ccncn1)c1cc2c(cc1F)C(N1CC[C@@H](OC(F)F)C[C@H]1c1ccc(F)cc1)CCO2. The predicted molar refractivity (Wildman–Crippen MR) is 128 cm³/mol. The van der Waals surface area contributed by atoms with Crippen LogP contribution >= 0.6 is 0 Å². The number of ether oxygens (including phenoxy) is 2. The molecule has 1 unspecified atom stereocenters. The molecule has 3 aromatic rings. The van der Waals surface area contributed by atoms with E-state index in [0.717, 1.165) is 18.5 Å². The maximum absolute atomic E-state index is 15.3. The summed E-state index contributed by atoms with van der Waals surface area (Å²) >= 11 is 0. The zero-order valence-corrected chi connectivity index (χ0v) is 20.8. The van der Waals surface area contributed by atoms with Crippen LogP contribution in [0.3, 0.4) is 0 Å². The van der Waals surface area contributed by atoms with Crippen molar-refractivity contribution in [2.75, 3.05) is 17.9 Å². The molecule has 0 amide bonds. The Morgan fingerprint density at radius 3 is 2.58 bits per heavy atom. The third kappa shape index (κ3) is 5.59. The molecule has 0 aliphatic carbocycles. The Hall–Kier alpha value is -3.29. The van der Waals surface area contributed by atoms with Crippen LogP contribution in [0.25, 0.3) is 0 Å². The number of likely N-dealkylation sites (tertiary alicyclic amines) is 1. The normalized spacial score (nSPS) is 22.1. The summed E-state index contributed by atoms with van der Waals surface area (Å²) in [6, 6.07) is 8.56. The lowest BCUT2D eigenvalue weighted by Crippen LogP contribution is -2.43. The summed E-state index contributed by atoms with van der Waals surface area (Å²) in [5.74, 6) is -1.23. The number of nitrogens with zero attached hydrogens (tertiary/aromatic N) is 3.